The van der Waals surface area contributed by atoms with Gasteiger partial charge in [-0.25, -0.2) is 13.2 Å². The first kappa shape index (κ1) is 40.7. The molecule has 0 unspecified atom stereocenters. The maximum atomic E-state index is 14.0. The van der Waals surface area contributed by atoms with Gasteiger partial charge in [-0.05, 0) is 68.0 Å². The van der Waals surface area contributed by atoms with Crippen molar-refractivity contribution in [2.75, 3.05) is 57.6 Å². The van der Waals surface area contributed by atoms with Crippen molar-refractivity contribution in [3.63, 3.8) is 0 Å². The van der Waals surface area contributed by atoms with E-state index in [2.05, 4.69) is 14.5 Å². The Morgan fingerprint density at radius 3 is 2.29 bits per heavy atom. The van der Waals surface area contributed by atoms with E-state index in [1.165, 1.54) is 36.4 Å². The van der Waals surface area contributed by atoms with Crippen LogP contribution in [0.1, 0.15) is 49.2 Å². The molecule has 4 aliphatic heterocycles. The zero-order valence-corrected chi connectivity index (χ0v) is 34.1. The SMILES string of the molecule is [2H]OC(=O)c1cc2cc(c1)OCCOCC[N+]1=C(C=C3C(=O)C(=C3[O-])/C=C3/N(CCOCCO2)c2ccc(S(=O)(=O)[O-])cc2C3(C)C)C(C)(C)c2cc(SOO[O-])ccc21. The van der Waals surface area contributed by atoms with Gasteiger partial charge in [0.2, 0.25) is 5.69 Å². The molecule has 3 aromatic rings. The maximum absolute atomic E-state index is 14.0. The van der Waals surface area contributed by atoms with Gasteiger partial charge >= 0.3 is 5.97 Å². The second kappa shape index (κ2) is 16.5. The van der Waals surface area contributed by atoms with E-state index >= 15 is 0 Å². The number of carbonyl (C=O) groups is 2. The Morgan fingerprint density at radius 1 is 0.915 bits per heavy atom. The lowest BCUT2D eigenvalue weighted by molar-refractivity contribution is -0.777. The van der Waals surface area contributed by atoms with Gasteiger partial charge in [-0.3, -0.25) is 9.83 Å². The number of carboxylic acids is 1. The van der Waals surface area contributed by atoms with E-state index in [4.69, 9.17) is 20.4 Å². The minimum Gasteiger partial charge on any atom is -0.871 e. The normalized spacial score (nSPS) is 20.5. The van der Waals surface area contributed by atoms with E-state index in [-0.39, 0.29) is 74.4 Å². The fourth-order valence-electron chi connectivity index (χ4n) is 7.75. The molecule has 1 N–H and O–H groups in total. The topological polar surface area (TPSA) is 219 Å². The fourth-order valence-corrected chi connectivity index (χ4v) is 8.64. The van der Waals surface area contributed by atoms with Crippen LogP contribution in [0.15, 0.2) is 99.1 Å². The van der Waals surface area contributed by atoms with Gasteiger partial charge in [-0.2, -0.15) is 8.91 Å². The number of ether oxygens (including phenoxy) is 4. The third kappa shape index (κ3) is 8.27. The van der Waals surface area contributed by atoms with Gasteiger partial charge in [0.1, 0.15) is 41.4 Å². The summed E-state index contributed by atoms with van der Waals surface area (Å²) >= 11 is 0.737. The Bertz CT molecular complexity index is 2480. The van der Waals surface area contributed by atoms with Crippen LogP contribution in [0.3, 0.4) is 0 Å². The molecule has 5 aliphatic rings. The first-order valence-corrected chi connectivity index (χ1v) is 20.7. The first-order chi connectivity index (χ1) is 28.6. The van der Waals surface area contributed by atoms with E-state index in [1.807, 2.05) is 49.3 Å². The molecule has 0 spiro atoms. The highest BCUT2D eigenvalue weighted by molar-refractivity contribution is 7.94. The van der Waals surface area contributed by atoms with Crippen molar-refractivity contribution < 1.29 is 70.9 Å². The number of aromatic carboxylic acids is 1. The van der Waals surface area contributed by atoms with E-state index in [0.717, 1.165) is 23.3 Å². The Morgan fingerprint density at radius 2 is 1.63 bits per heavy atom. The fraction of sp³-hybridized carbons (Fsp3) is 0.341. The van der Waals surface area contributed by atoms with Gasteiger partial charge in [-0.15, -0.1) is 0 Å². The van der Waals surface area contributed by atoms with Gasteiger partial charge in [0.05, 0.1) is 47.7 Å². The molecule has 3 aromatic carbocycles. The number of rotatable bonds is 5. The molecule has 0 fully saturated rings. The quantitative estimate of drug-likeness (QED) is 0.128. The summed E-state index contributed by atoms with van der Waals surface area (Å²) in [6.07, 6.45) is 3.12. The summed E-state index contributed by atoms with van der Waals surface area (Å²) in [5.74, 6) is -1.31. The molecule has 312 valence electrons. The average Bonchev–Trinajstić information content (AvgIpc) is 3.56. The van der Waals surface area contributed by atoms with E-state index in [0.29, 0.717) is 34.1 Å². The summed E-state index contributed by atoms with van der Waals surface area (Å²) in [7, 11) is -4.80. The van der Waals surface area contributed by atoms with E-state index in [9.17, 15) is 32.9 Å². The third-order valence-corrected chi connectivity index (χ3v) is 12.1. The molecular formula is C41H40N2O14S2-2. The zero-order chi connectivity index (χ0) is 43.0. The molecule has 4 heterocycles. The minimum atomic E-state index is -4.80. The molecule has 0 radical (unpaired) electrons. The number of Topliss-reactive ketones (excluding diaryl/α,β-unsaturated/α-hetero) is 1. The lowest BCUT2D eigenvalue weighted by Gasteiger charge is -2.33. The Balaban J connectivity index is 1.28. The van der Waals surface area contributed by atoms with Crippen molar-refractivity contribution in [1.82, 2.24) is 0 Å². The number of hydrogen-bond acceptors (Lipinski definition) is 16. The summed E-state index contributed by atoms with van der Waals surface area (Å²) in [6, 6.07) is 13.9. The van der Waals surface area contributed by atoms with Crippen molar-refractivity contribution in [3.05, 3.63) is 106 Å². The Kier molecular flexibility index (Phi) is 11.4. The number of ketones is 1. The van der Waals surface area contributed by atoms with Gasteiger partial charge in [0.15, 0.2) is 18.0 Å². The molecule has 0 saturated heterocycles. The maximum Gasteiger partial charge on any atom is 0.335 e. The first-order valence-electron chi connectivity index (χ1n) is 18.9. The lowest BCUT2D eigenvalue weighted by atomic mass is 9.77. The number of carbonyl (C=O) groups excluding carboxylic acids is 1. The number of carboxylic acid groups (broad SMARTS) is 1. The Hall–Kier alpha value is -5.05. The summed E-state index contributed by atoms with van der Waals surface area (Å²) < 4.78 is 73.4. The van der Waals surface area contributed by atoms with Gasteiger partial charge in [0.25, 0.3) is 1.43 Å². The van der Waals surface area contributed by atoms with E-state index in [1.54, 1.807) is 18.2 Å². The molecule has 0 atom stereocenters. The van der Waals surface area contributed by atoms with Crippen LogP contribution < -0.4 is 24.7 Å². The zero-order valence-electron chi connectivity index (χ0n) is 33.4. The smallest absolute Gasteiger partial charge is 0.335 e. The van der Waals surface area contributed by atoms with Crippen molar-refractivity contribution in [2.24, 2.45) is 0 Å². The summed E-state index contributed by atoms with van der Waals surface area (Å²) in [5, 5.41) is 32.3. The van der Waals surface area contributed by atoms with Crippen molar-refractivity contribution in [1.29, 1.82) is 1.43 Å². The number of allylic oxidation sites excluding steroid dienone is 5. The van der Waals surface area contributed by atoms with Crippen LogP contribution in [0.2, 0.25) is 0 Å². The highest BCUT2D eigenvalue weighted by Crippen LogP contribution is 2.50. The number of nitrogens with zero attached hydrogens (tertiary/aromatic N) is 2. The molecular weight excluding hydrogens is 809 g/mol. The molecule has 18 heteroatoms. The number of hydrogen-bond donors (Lipinski definition) is 1. The second-order valence-electron chi connectivity index (χ2n) is 15.0. The van der Waals surface area contributed by atoms with Crippen LogP contribution in [-0.4, -0.2) is 92.8 Å². The molecule has 0 aromatic heterocycles. The highest BCUT2D eigenvalue weighted by atomic mass is 32.2. The average molecular weight is 850 g/mol. The number of benzene rings is 3. The van der Waals surface area contributed by atoms with Crippen LogP contribution in [0, 0.1) is 0 Å². The van der Waals surface area contributed by atoms with Gasteiger partial charge < -0.3 is 43.9 Å². The summed E-state index contributed by atoms with van der Waals surface area (Å²) in [5.41, 5.74) is 2.09. The van der Waals surface area contributed by atoms with Crippen LogP contribution in [0.4, 0.5) is 11.4 Å². The summed E-state index contributed by atoms with van der Waals surface area (Å²) in [4.78, 5) is 28.3. The molecule has 4 bridgehead atoms. The lowest BCUT2D eigenvalue weighted by Crippen LogP contribution is -2.35. The van der Waals surface area contributed by atoms with Crippen LogP contribution in [0.25, 0.3) is 1.43 Å². The van der Waals surface area contributed by atoms with Crippen LogP contribution in [0.5, 0.6) is 11.5 Å². The summed E-state index contributed by atoms with van der Waals surface area (Å²) in [6.45, 7) is 8.75. The number of anilines is 1. The van der Waals surface area contributed by atoms with Crippen LogP contribution >= 0.6 is 12.0 Å². The highest BCUT2D eigenvalue weighted by Gasteiger charge is 2.46. The molecule has 0 amide bonds. The monoisotopic (exact) mass is 849 g/mol. The van der Waals surface area contributed by atoms with Gasteiger partial charge in [-0.1, -0.05) is 19.6 Å². The predicted octanol–water partition coefficient (Wildman–Crippen LogP) is 3.21. The minimum absolute atomic E-state index is 0.0250. The van der Waals surface area contributed by atoms with E-state index < -0.39 is 43.4 Å². The standard InChI is InChI=1S/C41H42N2O14S2/c1-40(2)31-20-27(58-57-56-48)5-7-33(31)42-9-11-52-13-15-54-25-17-24(39(46)47)18-26(19-25)55-16-14-53-12-10-43-34-8-6-28(59(49,50)51)21-32(34)41(3,4)36(43)23-30-37(44)29(38(30)45)22-35(40)42/h5-8,17-23H,9-16H2,1-4H3,(H3-,44,46,47,48,49,50,51)/p-2/i/hD. The third-order valence-electron chi connectivity index (χ3n) is 10.7. The van der Waals surface area contributed by atoms with Crippen molar-refractivity contribution in [2.45, 2.75) is 48.3 Å². The molecule has 0 saturated carbocycles. The van der Waals surface area contributed by atoms with Crippen molar-refractivity contribution >= 4 is 51.0 Å². The number of fused-ring (bicyclic) bond motifs is 12. The van der Waals surface area contributed by atoms with Crippen molar-refractivity contribution in [3.8, 4) is 11.5 Å². The molecule has 59 heavy (non-hydrogen) atoms. The molecule has 8 rings (SSSR count). The molecule has 16 nitrogen and oxygen atoms in total. The largest absolute Gasteiger partial charge is 0.871 e. The Labute approximate surface area is 345 Å². The van der Waals surface area contributed by atoms with Gasteiger partial charge in [0, 0.05) is 63.2 Å². The second-order valence-corrected chi connectivity index (χ2v) is 17.2. The predicted molar refractivity (Wildman–Crippen MR) is 206 cm³/mol. The molecule has 1 aliphatic carbocycles. The van der Waals surface area contributed by atoms with Crippen LogP contribution in [-0.2, 0) is 44.6 Å².